The van der Waals surface area contributed by atoms with E-state index in [9.17, 15) is 9.59 Å². The van der Waals surface area contributed by atoms with Crippen molar-refractivity contribution in [2.45, 2.75) is 19.3 Å². The summed E-state index contributed by atoms with van der Waals surface area (Å²) in [6, 6.07) is 7.53. The lowest BCUT2D eigenvalue weighted by Crippen LogP contribution is -2.06. The Hall–Kier alpha value is -2.21. The number of methoxy groups -OCH3 is 1. The van der Waals surface area contributed by atoms with Crippen LogP contribution in [0.25, 0.3) is 10.6 Å². The second-order valence-corrected chi connectivity index (χ2v) is 5.34. The lowest BCUT2D eigenvalue weighted by molar-refractivity contribution is -0.138. The molecule has 0 atom stereocenters. The fourth-order valence-corrected chi connectivity index (χ4v) is 2.62. The molecule has 1 aromatic carbocycles. The van der Waals surface area contributed by atoms with E-state index in [0.29, 0.717) is 5.69 Å². The van der Waals surface area contributed by atoms with Crippen LogP contribution in [0.3, 0.4) is 0 Å². The number of hydrogen-bond donors (Lipinski definition) is 1. The van der Waals surface area contributed by atoms with E-state index in [4.69, 9.17) is 9.84 Å². The van der Waals surface area contributed by atoms with Gasteiger partial charge in [-0.1, -0.05) is 0 Å². The van der Waals surface area contributed by atoms with Crippen molar-refractivity contribution in [1.29, 1.82) is 0 Å². The summed E-state index contributed by atoms with van der Waals surface area (Å²) in [6.45, 7) is 0. The number of hydrogen-bond acceptors (Lipinski definition) is 5. The number of carboxylic acid groups (broad SMARTS) is 1. The minimum absolute atomic E-state index is 0.0464. The second-order valence-electron chi connectivity index (χ2n) is 4.48. The zero-order valence-corrected chi connectivity index (χ0v) is 12.4. The van der Waals surface area contributed by atoms with Gasteiger partial charge >= 0.3 is 5.97 Å². The molecule has 2 aromatic rings. The number of aromatic nitrogens is 1. The first-order valence-corrected chi connectivity index (χ1v) is 7.29. The second kappa shape index (κ2) is 6.99. The number of aliphatic carboxylic acids is 1. The SMILES string of the molecule is COc1ccc(-c2nc(CC(=O)CCC(=O)O)cs2)cc1. The maximum atomic E-state index is 11.6. The average molecular weight is 305 g/mol. The van der Waals surface area contributed by atoms with Crippen LogP contribution in [0.4, 0.5) is 0 Å². The number of benzene rings is 1. The molecule has 0 fully saturated rings. The van der Waals surface area contributed by atoms with Crippen LogP contribution in [0.1, 0.15) is 18.5 Å². The van der Waals surface area contributed by atoms with Gasteiger partial charge in [0.1, 0.15) is 16.5 Å². The van der Waals surface area contributed by atoms with E-state index in [1.165, 1.54) is 11.3 Å². The Bertz CT molecular complexity index is 633. The minimum atomic E-state index is -0.958. The van der Waals surface area contributed by atoms with Crippen LogP contribution in [0.15, 0.2) is 29.6 Å². The number of rotatable bonds is 7. The van der Waals surface area contributed by atoms with Gasteiger partial charge in [-0.05, 0) is 24.3 Å². The van der Waals surface area contributed by atoms with Gasteiger partial charge in [0.2, 0.25) is 0 Å². The predicted molar refractivity (Wildman–Crippen MR) is 79.7 cm³/mol. The van der Waals surface area contributed by atoms with Gasteiger partial charge in [-0.3, -0.25) is 9.59 Å². The van der Waals surface area contributed by atoms with Crippen molar-refractivity contribution < 1.29 is 19.4 Å². The Morgan fingerprint density at radius 2 is 1.95 bits per heavy atom. The first-order chi connectivity index (χ1) is 10.1. The van der Waals surface area contributed by atoms with Crippen molar-refractivity contribution in [2.75, 3.05) is 7.11 Å². The van der Waals surface area contributed by atoms with Crippen LogP contribution in [-0.4, -0.2) is 29.0 Å². The number of nitrogens with zero attached hydrogens (tertiary/aromatic N) is 1. The molecule has 1 heterocycles. The smallest absolute Gasteiger partial charge is 0.303 e. The first kappa shape index (κ1) is 15.2. The molecule has 0 aliphatic rings. The zero-order valence-electron chi connectivity index (χ0n) is 11.5. The van der Waals surface area contributed by atoms with Crippen LogP contribution in [-0.2, 0) is 16.0 Å². The van der Waals surface area contributed by atoms with Gasteiger partial charge < -0.3 is 9.84 Å². The molecule has 0 bridgehead atoms. The summed E-state index contributed by atoms with van der Waals surface area (Å²) in [5.41, 5.74) is 1.64. The average Bonchev–Trinajstić information content (AvgIpc) is 2.93. The molecular weight excluding hydrogens is 290 g/mol. The lowest BCUT2D eigenvalue weighted by atomic mass is 10.1. The van der Waals surface area contributed by atoms with E-state index in [0.717, 1.165) is 16.3 Å². The van der Waals surface area contributed by atoms with E-state index in [1.807, 2.05) is 29.6 Å². The summed E-state index contributed by atoms with van der Waals surface area (Å²) < 4.78 is 5.10. The molecule has 21 heavy (non-hydrogen) atoms. The van der Waals surface area contributed by atoms with Crippen LogP contribution < -0.4 is 4.74 Å². The monoisotopic (exact) mass is 305 g/mol. The number of carbonyl (C=O) groups excluding carboxylic acids is 1. The van der Waals surface area contributed by atoms with Gasteiger partial charge in [0.15, 0.2) is 0 Å². The maximum absolute atomic E-state index is 11.6. The molecule has 0 radical (unpaired) electrons. The molecule has 0 unspecified atom stereocenters. The lowest BCUT2D eigenvalue weighted by Gasteiger charge is -2.00. The maximum Gasteiger partial charge on any atom is 0.303 e. The van der Waals surface area contributed by atoms with Crippen molar-refractivity contribution >= 4 is 23.1 Å². The minimum Gasteiger partial charge on any atom is -0.497 e. The van der Waals surface area contributed by atoms with E-state index < -0.39 is 5.97 Å². The molecular formula is C15H15NO4S. The number of carbonyl (C=O) groups is 2. The van der Waals surface area contributed by atoms with E-state index in [2.05, 4.69) is 4.98 Å². The molecule has 0 aliphatic carbocycles. The van der Waals surface area contributed by atoms with E-state index in [1.54, 1.807) is 7.11 Å². The quantitative estimate of drug-likeness (QED) is 0.851. The van der Waals surface area contributed by atoms with Crippen molar-refractivity contribution in [1.82, 2.24) is 4.98 Å². The number of carboxylic acids is 1. The molecule has 0 saturated heterocycles. The molecule has 2 rings (SSSR count). The summed E-state index contributed by atoms with van der Waals surface area (Å²) in [5.74, 6) is -0.288. The Labute approximate surface area is 126 Å². The van der Waals surface area contributed by atoms with Gasteiger partial charge in [0.25, 0.3) is 0 Å². The Kier molecular flexibility index (Phi) is 5.05. The number of Topliss-reactive ketones (excluding diaryl/α,β-unsaturated/α-hetero) is 1. The van der Waals surface area contributed by atoms with Crippen molar-refractivity contribution in [3.8, 4) is 16.3 Å². The molecule has 6 heteroatoms. The van der Waals surface area contributed by atoms with Gasteiger partial charge in [0.05, 0.1) is 19.2 Å². The van der Waals surface area contributed by atoms with Crippen LogP contribution >= 0.6 is 11.3 Å². The third-order valence-corrected chi connectivity index (χ3v) is 3.82. The summed E-state index contributed by atoms with van der Waals surface area (Å²) >= 11 is 1.46. The Balaban J connectivity index is 2.00. The predicted octanol–water partition coefficient (Wildman–Crippen LogP) is 2.80. The third-order valence-electron chi connectivity index (χ3n) is 2.88. The van der Waals surface area contributed by atoms with E-state index in [-0.39, 0.29) is 25.0 Å². The normalized spacial score (nSPS) is 10.3. The Morgan fingerprint density at radius 3 is 2.57 bits per heavy atom. The number of ketones is 1. The molecule has 1 aromatic heterocycles. The largest absolute Gasteiger partial charge is 0.497 e. The summed E-state index contributed by atoms with van der Waals surface area (Å²) in [6.07, 6.45) is 0.0962. The van der Waals surface area contributed by atoms with Crippen molar-refractivity contribution in [3.05, 3.63) is 35.3 Å². The van der Waals surface area contributed by atoms with Crippen molar-refractivity contribution in [3.63, 3.8) is 0 Å². The number of ether oxygens (including phenoxy) is 1. The third kappa shape index (κ3) is 4.39. The summed E-state index contributed by atoms with van der Waals surface area (Å²) in [7, 11) is 1.61. The van der Waals surface area contributed by atoms with E-state index >= 15 is 0 Å². The molecule has 5 nitrogen and oxygen atoms in total. The van der Waals surface area contributed by atoms with Crippen LogP contribution in [0.2, 0.25) is 0 Å². The molecule has 0 saturated carbocycles. The summed E-state index contributed by atoms with van der Waals surface area (Å²) in [5, 5.41) is 11.2. The fourth-order valence-electron chi connectivity index (χ4n) is 1.79. The van der Waals surface area contributed by atoms with Crippen LogP contribution in [0, 0.1) is 0 Å². The highest BCUT2D eigenvalue weighted by atomic mass is 32.1. The molecule has 0 spiro atoms. The molecule has 1 N–H and O–H groups in total. The van der Waals surface area contributed by atoms with Gasteiger partial charge in [-0.25, -0.2) is 4.98 Å². The van der Waals surface area contributed by atoms with Crippen LogP contribution in [0.5, 0.6) is 5.75 Å². The van der Waals surface area contributed by atoms with Gasteiger partial charge in [-0.15, -0.1) is 11.3 Å². The molecule has 0 aliphatic heterocycles. The fraction of sp³-hybridized carbons (Fsp3) is 0.267. The van der Waals surface area contributed by atoms with Gasteiger partial charge in [-0.2, -0.15) is 0 Å². The highest BCUT2D eigenvalue weighted by Gasteiger charge is 2.10. The topological polar surface area (TPSA) is 76.5 Å². The summed E-state index contributed by atoms with van der Waals surface area (Å²) in [4.78, 5) is 26.5. The highest BCUT2D eigenvalue weighted by molar-refractivity contribution is 7.13. The first-order valence-electron chi connectivity index (χ1n) is 6.41. The Morgan fingerprint density at radius 1 is 1.24 bits per heavy atom. The highest BCUT2D eigenvalue weighted by Crippen LogP contribution is 2.26. The molecule has 110 valence electrons. The standard InChI is InChI=1S/C15H15NO4S/c1-20-13-5-2-10(3-6-13)15-16-11(9-21-15)8-12(17)4-7-14(18)19/h2-3,5-6,9H,4,7-8H2,1H3,(H,18,19). The van der Waals surface area contributed by atoms with Gasteiger partial charge in [0, 0.05) is 23.8 Å². The number of thiazole rings is 1. The zero-order chi connectivity index (χ0) is 15.2. The van der Waals surface area contributed by atoms with Crippen molar-refractivity contribution in [2.24, 2.45) is 0 Å². The molecule has 0 amide bonds.